The average Bonchev–Trinajstić information content (AvgIpc) is 3.01. The fraction of sp³-hybridized carbons (Fsp3) is 0.550. The third-order valence-electron chi connectivity index (χ3n) is 5.17. The van der Waals surface area contributed by atoms with Gasteiger partial charge < -0.3 is 14.6 Å². The molecule has 1 N–H and O–H groups in total. The van der Waals surface area contributed by atoms with E-state index in [1.54, 1.807) is 0 Å². The van der Waals surface area contributed by atoms with Crippen molar-refractivity contribution < 1.29 is 9.53 Å². The van der Waals surface area contributed by atoms with Gasteiger partial charge in [0.1, 0.15) is 12.4 Å². The first kappa shape index (κ1) is 19.7. The van der Waals surface area contributed by atoms with Crippen LogP contribution in [0.25, 0.3) is 0 Å². The normalized spacial score (nSPS) is 19.7. The zero-order valence-electron chi connectivity index (χ0n) is 16.3. The van der Waals surface area contributed by atoms with Crippen LogP contribution in [0.2, 0.25) is 0 Å². The number of carbonyl (C=O) groups is 1. The van der Waals surface area contributed by atoms with Crippen LogP contribution >= 0.6 is 11.8 Å². The minimum absolute atomic E-state index is 0.0689. The molecule has 1 saturated carbocycles. The third-order valence-corrected chi connectivity index (χ3v) is 6.19. The Kier molecular flexibility index (Phi) is 6.77. The van der Waals surface area contributed by atoms with E-state index in [-0.39, 0.29) is 5.91 Å². The van der Waals surface area contributed by atoms with Crippen LogP contribution in [0.4, 0.5) is 0 Å². The number of nitrogens with zero attached hydrogens (tertiary/aromatic N) is 3. The maximum absolute atomic E-state index is 12.3. The van der Waals surface area contributed by atoms with E-state index in [0.29, 0.717) is 24.3 Å². The molecule has 146 valence electrons. The summed E-state index contributed by atoms with van der Waals surface area (Å²) in [4.78, 5) is 12.3. The van der Waals surface area contributed by atoms with Crippen LogP contribution in [0.3, 0.4) is 0 Å². The van der Waals surface area contributed by atoms with E-state index in [1.165, 1.54) is 31.0 Å². The molecule has 2 aromatic rings. The molecule has 1 fully saturated rings. The van der Waals surface area contributed by atoms with Crippen LogP contribution in [0, 0.1) is 12.8 Å². The van der Waals surface area contributed by atoms with E-state index >= 15 is 0 Å². The number of hydrogen-bond acceptors (Lipinski definition) is 5. The van der Waals surface area contributed by atoms with Crippen molar-refractivity contribution in [2.75, 3.05) is 5.75 Å². The van der Waals surface area contributed by atoms with Crippen LogP contribution in [-0.2, 0) is 18.4 Å². The van der Waals surface area contributed by atoms with Crippen LogP contribution < -0.4 is 10.1 Å². The molecule has 2 atom stereocenters. The molecule has 1 aliphatic carbocycles. The lowest BCUT2D eigenvalue weighted by molar-refractivity contribution is -0.119. The summed E-state index contributed by atoms with van der Waals surface area (Å²) >= 11 is 1.41. The number of aryl methyl sites for hydroxylation is 1. The Hall–Kier alpha value is -2.02. The number of carbonyl (C=O) groups excluding carboxylic acids is 1. The van der Waals surface area contributed by atoms with E-state index in [4.69, 9.17) is 4.74 Å². The fourth-order valence-corrected chi connectivity index (χ4v) is 4.11. The zero-order chi connectivity index (χ0) is 19.2. The van der Waals surface area contributed by atoms with Gasteiger partial charge in [-0.05, 0) is 37.3 Å². The molecule has 1 amide bonds. The summed E-state index contributed by atoms with van der Waals surface area (Å²) in [5.41, 5.74) is 1.09. The average molecular weight is 389 g/mol. The zero-order valence-corrected chi connectivity index (χ0v) is 17.1. The number of rotatable bonds is 7. The molecule has 1 heterocycles. The number of hydrogen-bond donors (Lipinski definition) is 1. The molecule has 0 bridgehead atoms. The monoisotopic (exact) mass is 388 g/mol. The Morgan fingerprint density at radius 1 is 1.30 bits per heavy atom. The van der Waals surface area contributed by atoms with Gasteiger partial charge in [-0.25, -0.2) is 0 Å². The van der Waals surface area contributed by atoms with Gasteiger partial charge in [-0.2, -0.15) is 0 Å². The fourth-order valence-electron chi connectivity index (χ4n) is 3.37. The van der Waals surface area contributed by atoms with E-state index in [0.717, 1.165) is 28.7 Å². The van der Waals surface area contributed by atoms with Gasteiger partial charge in [-0.1, -0.05) is 49.7 Å². The summed E-state index contributed by atoms with van der Waals surface area (Å²) in [6, 6.07) is 8.20. The highest BCUT2D eigenvalue weighted by Crippen LogP contribution is 2.24. The predicted molar refractivity (Wildman–Crippen MR) is 107 cm³/mol. The summed E-state index contributed by atoms with van der Waals surface area (Å²) in [7, 11) is 1.90. The maximum atomic E-state index is 12.3. The molecule has 0 unspecified atom stereocenters. The van der Waals surface area contributed by atoms with E-state index in [2.05, 4.69) is 22.4 Å². The first-order valence-corrected chi connectivity index (χ1v) is 10.5. The standard InChI is InChI=1S/C20H28N4O2S/c1-14-8-4-6-10-16(14)21-19(25)13-27-20-23-22-18(24(20)3)12-26-17-11-7-5-9-15(17)2/h5,7,9,11,14,16H,4,6,8,10,12-13H2,1-3H3,(H,21,25)/t14-,16+/m0/s1. The number of para-hydroxylation sites is 1. The minimum Gasteiger partial charge on any atom is -0.485 e. The Labute approximate surface area is 165 Å². The third kappa shape index (κ3) is 5.25. The Balaban J connectivity index is 1.49. The first-order chi connectivity index (χ1) is 13.0. The lowest BCUT2D eigenvalue weighted by atomic mass is 9.86. The number of thioether (sulfide) groups is 1. The molecule has 0 spiro atoms. The summed E-state index contributed by atoms with van der Waals surface area (Å²) in [5.74, 6) is 2.57. The topological polar surface area (TPSA) is 69.0 Å². The molecular weight excluding hydrogens is 360 g/mol. The maximum Gasteiger partial charge on any atom is 0.230 e. The molecule has 0 saturated heterocycles. The van der Waals surface area contributed by atoms with Crippen LogP contribution in [-0.4, -0.2) is 32.5 Å². The van der Waals surface area contributed by atoms with Crippen molar-refractivity contribution in [3.8, 4) is 5.75 Å². The molecule has 6 nitrogen and oxygen atoms in total. The number of amides is 1. The van der Waals surface area contributed by atoms with Crippen molar-refractivity contribution >= 4 is 17.7 Å². The first-order valence-electron chi connectivity index (χ1n) is 9.53. The van der Waals surface area contributed by atoms with Gasteiger partial charge in [-0.3, -0.25) is 4.79 Å². The van der Waals surface area contributed by atoms with Crippen molar-refractivity contribution in [3.63, 3.8) is 0 Å². The molecule has 7 heteroatoms. The second kappa shape index (κ2) is 9.26. The van der Waals surface area contributed by atoms with E-state index in [1.807, 2.05) is 42.8 Å². The van der Waals surface area contributed by atoms with Crippen molar-refractivity contribution in [2.45, 2.75) is 57.3 Å². The molecule has 1 aromatic carbocycles. The lowest BCUT2D eigenvalue weighted by Crippen LogP contribution is -2.41. The van der Waals surface area contributed by atoms with Gasteiger partial charge in [0.25, 0.3) is 0 Å². The van der Waals surface area contributed by atoms with Crippen molar-refractivity contribution in [1.29, 1.82) is 0 Å². The quantitative estimate of drug-likeness (QED) is 0.736. The molecule has 1 aliphatic rings. The highest BCUT2D eigenvalue weighted by atomic mass is 32.2. The van der Waals surface area contributed by atoms with Crippen molar-refractivity contribution in [2.24, 2.45) is 13.0 Å². The van der Waals surface area contributed by atoms with Gasteiger partial charge in [0.2, 0.25) is 5.91 Å². The number of aromatic nitrogens is 3. The minimum atomic E-state index is 0.0689. The number of benzene rings is 1. The van der Waals surface area contributed by atoms with Gasteiger partial charge in [0, 0.05) is 13.1 Å². The van der Waals surface area contributed by atoms with Crippen molar-refractivity contribution in [1.82, 2.24) is 20.1 Å². The Morgan fingerprint density at radius 3 is 2.85 bits per heavy atom. The second-order valence-electron chi connectivity index (χ2n) is 7.24. The Morgan fingerprint density at radius 2 is 2.07 bits per heavy atom. The van der Waals surface area contributed by atoms with E-state index < -0.39 is 0 Å². The van der Waals surface area contributed by atoms with Crippen LogP contribution in [0.5, 0.6) is 5.75 Å². The largest absolute Gasteiger partial charge is 0.485 e. The van der Waals surface area contributed by atoms with Crippen LogP contribution in [0.1, 0.15) is 44.0 Å². The van der Waals surface area contributed by atoms with E-state index in [9.17, 15) is 4.79 Å². The van der Waals surface area contributed by atoms with Gasteiger partial charge in [0.15, 0.2) is 11.0 Å². The predicted octanol–water partition coefficient (Wildman–Crippen LogP) is 3.49. The Bertz CT molecular complexity index is 777. The molecule has 27 heavy (non-hydrogen) atoms. The van der Waals surface area contributed by atoms with Gasteiger partial charge in [0.05, 0.1) is 5.75 Å². The highest BCUT2D eigenvalue weighted by molar-refractivity contribution is 7.99. The summed E-state index contributed by atoms with van der Waals surface area (Å²) in [6.07, 6.45) is 4.76. The highest BCUT2D eigenvalue weighted by Gasteiger charge is 2.23. The summed E-state index contributed by atoms with van der Waals surface area (Å²) in [5, 5.41) is 12.3. The van der Waals surface area contributed by atoms with Crippen LogP contribution in [0.15, 0.2) is 29.4 Å². The van der Waals surface area contributed by atoms with Gasteiger partial charge in [-0.15, -0.1) is 10.2 Å². The number of ether oxygens (including phenoxy) is 1. The molecule has 0 radical (unpaired) electrons. The molecule has 3 rings (SSSR count). The molecular formula is C20H28N4O2S. The second-order valence-corrected chi connectivity index (χ2v) is 8.18. The summed E-state index contributed by atoms with van der Waals surface area (Å²) in [6.45, 7) is 4.58. The summed E-state index contributed by atoms with van der Waals surface area (Å²) < 4.78 is 7.73. The smallest absolute Gasteiger partial charge is 0.230 e. The molecule has 0 aliphatic heterocycles. The van der Waals surface area contributed by atoms with Crippen molar-refractivity contribution in [3.05, 3.63) is 35.7 Å². The van der Waals surface area contributed by atoms with Gasteiger partial charge >= 0.3 is 0 Å². The SMILES string of the molecule is Cc1ccccc1OCc1nnc(SCC(=O)N[C@@H]2CCCC[C@@H]2C)n1C. The number of nitrogens with one attached hydrogen (secondary N) is 1. The molecule has 1 aromatic heterocycles. The lowest BCUT2D eigenvalue weighted by Gasteiger charge is -2.29.